The van der Waals surface area contributed by atoms with Crippen molar-refractivity contribution in [1.82, 2.24) is 0 Å². The van der Waals surface area contributed by atoms with Gasteiger partial charge in [0.25, 0.3) is 0 Å². The third kappa shape index (κ3) is 3.52. The van der Waals surface area contributed by atoms with Crippen molar-refractivity contribution in [3.8, 4) is 11.1 Å². The predicted molar refractivity (Wildman–Crippen MR) is 95.9 cm³/mol. The van der Waals surface area contributed by atoms with Gasteiger partial charge in [0.2, 0.25) is 0 Å². The van der Waals surface area contributed by atoms with Gasteiger partial charge in [-0.1, -0.05) is 78.3 Å². The van der Waals surface area contributed by atoms with Gasteiger partial charge in [-0.15, -0.1) is 0 Å². The van der Waals surface area contributed by atoms with Crippen LogP contribution in [0.25, 0.3) is 11.1 Å². The summed E-state index contributed by atoms with van der Waals surface area (Å²) < 4.78 is 0. The van der Waals surface area contributed by atoms with Crippen molar-refractivity contribution in [2.75, 3.05) is 0 Å². The second-order valence-corrected chi connectivity index (χ2v) is 6.02. The van der Waals surface area contributed by atoms with E-state index in [1.165, 1.54) is 5.56 Å². The van der Waals surface area contributed by atoms with Gasteiger partial charge in [0.05, 0.1) is 5.92 Å². The summed E-state index contributed by atoms with van der Waals surface area (Å²) >= 11 is 5.95. The highest BCUT2D eigenvalue weighted by Gasteiger charge is 2.19. The highest BCUT2D eigenvalue weighted by molar-refractivity contribution is 6.30. The normalized spacial score (nSPS) is 11.9. The number of rotatable bonds is 4. The summed E-state index contributed by atoms with van der Waals surface area (Å²) in [6.45, 7) is 1.63. The van der Waals surface area contributed by atoms with E-state index in [1.807, 2.05) is 54.6 Å². The largest absolute Gasteiger partial charge is 0.299 e. The molecule has 0 spiro atoms. The molecule has 0 fully saturated rings. The zero-order valence-corrected chi connectivity index (χ0v) is 13.6. The second kappa shape index (κ2) is 6.80. The summed E-state index contributed by atoms with van der Waals surface area (Å²) in [6, 6.07) is 25.9. The first-order chi connectivity index (χ1) is 11.1. The first kappa shape index (κ1) is 15.5. The van der Waals surface area contributed by atoms with Crippen LogP contribution in [0.3, 0.4) is 0 Å². The van der Waals surface area contributed by atoms with Crippen molar-refractivity contribution >= 4 is 17.4 Å². The molecule has 0 aliphatic rings. The van der Waals surface area contributed by atoms with Crippen LogP contribution in [0.2, 0.25) is 5.02 Å². The van der Waals surface area contributed by atoms with E-state index in [2.05, 4.69) is 24.3 Å². The minimum atomic E-state index is -0.253. The average Bonchev–Trinajstić information content (AvgIpc) is 2.58. The molecule has 2 heteroatoms. The standard InChI is InChI=1S/C21H17ClO/c1-15(23)21(19-11-13-20(22)14-12-19)18-9-7-17(8-10-18)16-5-3-2-4-6-16/h2-14,21H,1H3. The van der Waals surface area contributed by atoms with Crippen LogP contribution in [0.4, 0.5) is 0 Å². The van der Waals surface area contributed by atoms with E-state index < -0.39 is 0 Å². The van der Waals surface area contributed by atoms with Gasteiger partial charge in [-0.3, -0.25) is 4.79 Å². The van der Waals surface area contributed by atoms with Gasteiger partial charge in [0.15, 0.2) is 0 Å². The van der Waals surface area contributed by atoms with E-state index in [0.717, 1.165) is 16.7 Å². The SMILES string of the molecule is CC(=O)C(c1ccc(Cl)cc1)c1ccc(-c2ccccc2)cc1. The molecule has 0 bridgehead atoms. The molecule has 3 rings (SSSR count). The Balaban J connectivity index is 1.95. The molecule has 0 heterocycles. The number of hydrogen-bond donors (Lipinski definition) is 0. The Morgan fingerprint density at radius 3 is 1.74 bits per heavy atom. The Kier molecular flexibility index (Phi) is 4.59. The number of ketones is 1. The molecule has 3 aromatic rings. The van der Waals surface area contributed by atoms with E-state index in [9.17, 15) is 4.79 Å². The highest BCUT2D eigenvalue weighted by Crippen LogP contribution is 2.29. The van der Waals surface area contributed by atoms with Crippen LogP contribution in [0.15, 0.2) is 78.9 Å². The maximum absolute atomic E-state index is 12.2. The van der Waals surface area contributed by atoms with Gasteiger partial charge in [0.1, 0.15) is 5.78 Å². The number of hydrogen-bond acceptors (Lipinski definition) is 1. The van der Waals surface area contributed by atoms with Crippen LogP contribution < -0.4 is 0 Å². The number of halogens is 1. The second-order valence-electron chi connectivity index (χ2n) is 5.58. The summed E-state index contributed by atoms with van der Waals surface area (Å²) in [4.78, 5) is 12.2. The first-order valence-electron chi connectivity index (χ1n) is 7.56. The lowest BCUT2D eigenvalue weighted by atomic mass is 9.87. The molecule has 0 aliphatic carbocycles. The number of carbonyl (C=O) groups is 1. The van der Waals surface area contributed by atoms with Crippen LogP contribution in [0.5, 0.6) is 0 Å². The zero-order valence-electron chi connectivity index (χ0n) is 12.9. The minimum absolute atomic E-state index is 0.125. The summed E-state index contributed by atoms with van der Waals surface area (Å²) in [6.07, 6.45) is 0. The third-order valence-corrected chi connectivity index (χ3v) is 4.21. The summed E-state index contributed by atoms with van der Waals surface area (Å²) in [5.74, 6) is -0.128. The Hall–Kier alpha value is -2.38. The van der Waals surface area contributed by atoms with Gasteiger partial charge in [-0.2, -0.15) is 0 Å². The van der Waals surface area contributed by atoms with E-state index in [0.29, 0.717) is 5.02 Å². The van der Waals surface area contributed by atoms with Gasteiger partial charge in [0, 0.05) is 5.02 Å². The molecular weight excluding hydrogens is 304 g/mol. The van der Waals surface area contributed by atoms with Crippen molar-refractivity contribution in [3.63, 3.8) is 0 Å². The van der Waals surface area contributed by atoms with Gasteiger partial charge in [-0.05, 0) is 41.3 Å². The third-order valence-electron chi connectivity index (χ3n) is 3.96. The molecule has 23 heavy (non-hydrogen) atoms. The number of carbonyl (C=O) groups excluding carboxylic acids is 1. The average molecular weight is 321 g/mol. The minimum Gasteiger partial charge on any atom is -0.299 e. The van der Waals surface area contributed by atoms with Crippen LogP contribution in [-0.2, 0) is 4.79 Å². The number of Topliss-reactive ketones (excluding diaryl/α,β-unsaturated/α-hetero) is 1. The predicted octanol–water partition coefficient (Wildman–Crippen LogP) is 5.73. The lowest BCUT2D eigenvalue weighted by molar-refractivity contribution is -0.117. The zero-order chi connectivity index (χ0) is 16.2. The number of benzene rings is 3. The molecule has 0 radical (unpaired) electrons. The van der Waals surface area contributed by atoms with Crippen molar-refractivity contribution in [2.24, 2.45) is 0 Å². The Bertz CT molecular complexity index is 790. The van der Waals surface area contributed by atoms with Crippen LogP contribution in [-0.4, -0.2) is 5.78 Å². The van der Waals surface area contributed by atoms with E-state index >= 15 is 0 Å². The van der Waals surface area contributed by atoms with Gasteiger partial charge < -0.3 is 0 Å². The lowest BCUT2D eigenvalue weighted by Crippen LogP contribution is -2.10. The van der Waals surface area contributed by atoms with Crippen LogP contribution in [0, 0.1) is 0 Å². The Morgan fingerprint density at radius 2 is 1.22 bits per heavy atom. The monoisotopic (exact) mass is 320 g/mol. The molecule has 114 valence electrons. The summed E-state index contributed by atoms with van der Waals surface area (Å²) in [7, 11) is 0. The van der Waals surface area contributed by atoms with Crippen molar-refractivity contribution in [1.29, 1.82) is 0 Å². The topological polar surface area (TPSA) is 17.1 Å². The van der Waals surface area contributed by atoms with E-state index in [-0.39, 0.29) is 11.7 Å². The van der Waals surface area contributed by atoms with Crippen molar-refractivity contribution in [2.45, 2.75) is 12.8 Å². The lowest BCUT2D eigenvalue weighted by Gasteiger charge is -2.15. The fourth-order valence-electron chi connectivity index (χ4n) is 2.82. The van der Waals surface area contributed by atoms with Crippen molar-refractivity contribution in [3.05, 3.63) is 95.0 Å². The van der Waals surface area contributed by atoms with Crippen molar-refractivity contribution < 1.29 is 4.79 Å². The maximum atomic E-state index is 12.2. The molecule has 1 unspecified atom stereocenters. The molecule has 0 aliphatic heterocycles. The van der Waals surface area contributed by atoms with Gasteiger partial charge in [-0.25, -0.2) is 0 Å². The molecule has 0 saturated carbocycles. The highest BCUT2D eigenvalue weighted by atomic mass is 35.5. The molecule has 0 saturated heterocycles. The molecule has 0 N–H and O–H groups in total. The fourth-order valence-corrected chi connectivity index (χ4v) is 2.94. The van der Waals surface area contributed by atoms with Crippen LogP contribution >= 0.6 is 11.6 Å². The quantitative estimate of drug-likeness (QED) is 0.600. The molecule has 3 aromatic carbocycles. The van der Waals surface area contributed by atoms with Crippen LogP contribution in [0.1, 0.15) is 24.0 Å². The smallest absolute Gasteiger partial charge is 0.141 e. The van der Waals surface area contributed by atoms with Gasteiger partial charge >= 0.3 is 0 Å². The Labute approximate surface area is 141 Å². The first-order valence-corrected chi connectivity index (χ1v) is 7.94. The molecular formula is C21H17ClO. The fraction of sp³-hybridized carbons (Fsp3) is 0.0952. The summed E-state index contributed by atoms with van der Waals surface area (Å²) in [5, 5.41) is 0.676. The Morgan fingerprint density at radius 1 is 0.739 bits per heavy atom. The summed E-state index contributed by atoms with van der Waals surface area (Å²) in [5.41, 5.74) is 4.28. The molecule has 0 aromatic heterocycles. The van der Waals surface area contributed by atoms with E-state index in [4.69, 9.17) is 11.6 Å². The molecule has 1 nitrogen and oxygen atoms in total. The molecule has 1 atom stereocenters. The molecule has 0 amide bonds. The maximum Gasteiger partial charge on any atom is 0.141 e. The van der Waals surface area contributed by atoms with E-state index in [1.54, 1.807) is 6.92 Å².